The summed E-state index contributed by atoms with van der Waals surface area (Å²) >= 11 is 0. The lowest BCUT2D eigenvalue weighted by atomic mass is 10.2. The Labute approximate surface area is 198 Å². The fourth-order valence-corrected chi connectivity index (χ4v) is 4.61. The number of nitrogens with one attached hydrogen (secondary N) is 3. The molecule has 3 aromatic rings. The molecule has 1 aromatic heterocycles. The number of nitrogens with zero attached hydrogens (tertiary/aromatic N) is 2. The van der Waals surface area contributed by atoms with Gasteiger partial charge in [-0.1, -0.05) is 0 Å². The smallest absolute Gasteiger partial charge is 0.262 e. The van der Waals surface area contributed by atoms with Crippen LogP contribution < -0.4 is 24.8 Å². The number of aromatic nitrogens is 2. The quantitative estimate of drug-likeness (QED) is 0.470. The number of sulfonamides is 1. The molecule has 1 amide bonds. The van der Waals surface area contributed by atoms with Gasteiger partial charge in [-0.3, -0.25) is 14.2 Å². The van der Waals surface area contributed by atoms with Crippen molar-refractivity contribution >= 4 is 33.0 Å². The van der Waals surface area contributed by atoms with Crippen LogP contribution in [-0.4, -0.2) is 43.4 Å². The standard InChI is InChI=1S/C23H27N5O5S/c1-14-22(16(3)28(4)26-14)25-23(29)15(2)24-17-5-7-18(8-6-17)27-34(30,31)19-9-10-20-21(13-19)33-12-11-32-20/h5-10,13,15,24,27H,11-12H2,1-4H3,(H,25,29). The average Bonchev–Trinajstić information content (AvgIpc) is 3.05. The van der Waals surface area contributed by atoms with Crippen molar-refractivity contribution < 1.29 is 22.7 Å². The zero-order valence-electron chi connectivity index (χ0n) is 19.4. The van der Waals surface area contributed by atoms with Gasteiger partial charge in [0.15, 0.2) is 11.5 Å². The second-order valence-corrected chi connectivity index (χ2v) is 9.70. The van der Waals surface area contributed by atoms with Crippen molar-refractivity contribution in [1.82, 2.24) is 9.78 Å². The molecular formula is C23H27N5O5S. The van der Waals surface area contributed by atoms with Gasteiger partial charge in [0.05, 0.1) is 22.0 Å². The molecule has 4 rings (SSSR count). The molecule has 10 nitrogen and oxygen atoms in total. The van der Waals surface area contributed by atoms with Crippen LogP contribution in [0.1, 0.15) is 18.3 Å². The summed E-state index contributed by atoms with van der Waals surface area (Å²) in [4.78, 5) is 12.7. The lowest BCUT2D eigenvalue weighted by Crippen LogP contribution is -2.32. The van der Waals surface area contributed by atoms with E-state index in [1.54, 1.807) is 41.9 Å². The molecule has 0 saturated heterocycles. The summed E-state index contributed by atoms with van der Waals surface area (Å²) in [5.41, 5.74) is 3.37. The van der Waals surface area contributed by atoms with Crippen molar-refractivity contribution in [2.75, 3.05) is 28.6 Å². The van der Waals surface area contributed by atoms with Crippen LogP contribution in [0.4, 0.5) is 17.1 Å². The maximum atomic E-state index is 12.8. The molecule has 0 radical (unpaired) electrons. The first kappa shape index (κ1) is 23.4. The number of aryl methyl sites for hydroxylation is 2. The first-order valence-corrected chi connectivity index (χ1v) is 12.2. The van der Waals surface area contributed by atoms with Crippen molar-refractivity contribution in [3.63, 3.8) is 0 Å². The van der Waals surface area contributed by atoms with E-state index in [2.05, 4.69) is 20.5 Å². The molecule has 1 atom stereocenters. The minimum atomic E-state index is -3.81. The van der Waals surface area contributed by atoms with Crippen LogP contribution in [0.15, 0.2) is 47.4 Å². The number of ether oxygens (including phenoxy) is 2. The van der Waals surface area contributed by atoms with Crippen LogP contribution in [0, 0.1) is 13.8 Å². The van der Waals surface area contributed by atoms with Crippen LogP contribution in [0.25, 0.3) is 0 Å². The molecule has 2 aromatic carbocycles. The summed E-state index contributed by atoms with van der Waals surface area (Å²) in [5, 5.41) is 10.3. The van der Waals surface area contributed by atoms with E-state index < -0.39 is 16.1 Å². The molecule has 34 heavy (non-hydrogen) atoms. The highest BCUT2D eigenvalue weighted by atomic mass is 32.2. The molecule has 1 aliphatic heterocycles. The number of hydrogen-bond donors (Lipinski definition) is 3. The van der Waals surface area contributed by atoms with Crippen molar-refractivity contribution in [3.8, 4) is 11.5 Å². The summed E-state index contributed by atoms with van der Waals surface area (Å²) in [5.74, 6) is 0.716. The molecule has 0 spiro atoms. The van der Waals surface area contributed by atoms with Crippen molar-refractivity contribution in [1.29, 1.82) is 0 Å². The largest absolute Gasteiger partial charge is 0.486 e. The highest BCUT2D eigenvalue weighted by Gasteiger charge is 2.20. The number of benzene rings is 2. The van der Waals surface area contributed by atoms with Crippen LogP contribution in [-0.2, 0) is 21.9 Å². The van der Waals surface area contributed by atoms with Crippen LogP contribution in [0.3, 0.4) is 0 Å². The predicted molar refractivity (Wildman–Crippen MR) is 129 cm³/mol. The number of anilines is 3. The van der Waals surface area contributed by atoms with Crippen LogP contribution in [0.2, 0.25) is 0 Å². The van der Waals surface area contributed by atoms with Gasteiger partial charge in [0.2, 0.25) is 5.91 Å². The second kappa shape index (κ2) is 9.26. The topological polar surface area (TPSA) is 124 Å². The third-order valence-electron chi connectivity index (χ3n) is 5.49. The molecule has 0 saturated carbocycles. The first-order valence-electron chi connectivity index (χ1n) is 10.7. The fraction of sp³-hybridized carbons (Fsp3) is 0.304. The van der Waals surface area contributed by atoms with Gasteiger partial charge in [0.25, 0.3) is 10.0 Å². The van der Waals surface area contributed by atoms with Crippen molar-refractivity contribution in [2.45, 2.75) is 31.7 Å². The Balaban J connectivity index is 1.39. The van der Waals surface area contributed by atoms with E-state index in [9.17, 15) is 13.2 Å². The number of fused-ring (bicyclic) bond motifs is 1. The normalized spacial score (nSPS) is 13.8. The van der Waals surface area contributed by atoms with Crippen LogP contribution in [0.5, 0.6) is 11.5 Å². The van der Waals surface area contributed by atoms with Crippen LogP contribution >= 0.6 is 0 Å². The van der Waals surface area contributed by atoms with Gasteiger partial charge in [-0.15, -0.1) is 0 Å². The zero-order chi connectivity index (χ0) is 24.5. The highest BCUT2D eigenvalue weighted by Crippen LogP contribution is 2.32. The second-order valence-electron chi connectivity index (χ2n) is 8.01. The van der Waals surface area contributed by atoms with Gasteiger partial charge in [0.1, 0.15) is 19.3 Å². The Kier molecular flexibility index (Phi) is 6.38. The van der Waals surface area contributed by atoms with Gasteiger partial charge in [0, 0.05) is 24.5 Å². The van der Waals surface area contributed by atoms with E-state index >= 15 is 0 Å². The third kappa shape index (κ3) is 4.93. The molecule has 1 aliphatic rings. The SMILES string of the molecule is Cc1nn(C)c(C)c1NC(=O)C(C)Nc1ccc(NS(=O)(=O)c2ccc3c(c2)OCCO3)cc1. The van der Waals surface area contributed by atoms with E-state index in [4.69, 9.17) is 9.47 Å². The molecule has 0 aliphatic carbocycles. The van der Waals surface area contributed by atoms with E-state index in [-0.39, 0.29) is 10.8 Å². The Bertz CT molecular complexity index is 1320. The molecule has 11 heteroatoms. The minimum Gasteiger partial charge on any atom is -0.486 e. The first-order chi connectivity index (χ1) is 16.1. The van der Waals surface area contributed by atoms with Crippen molar-refractivity contribution in [3.05, 3.63) is 53.9 Å². The van der Waals surface area contributed by atoms with E-state index in [0.717, 1.165) is 11.4 Å². The van der Waals surface area contributed by atoms with E-state index in [1.807, 2.05) is 20.9 Å². The molecule has 0 fully saturated rings. The van der Waals surface area contributed by atoms with E-state index in [0.29, 0.717) is 41.8 Å². The summed E-state index contributed by atoms with van der Waals surface area (Å²) in [6.45, 7) is 6.27. The Morgan fingerprint density at radius 2 is 1.68 bits per heavy atom. The third-order valence-corrected chi connectivity index (χ3v) is 6.87. The predicted octanol–water partition coefficient (Wildman–Crippen LogP) is 3.05. The molecule has 1 unspecified atom stereocenters. The average molecular weight is 486 g/mol. The maximum Gasteiger partial charge on any atom is 0.262 e. The molecule has 2 heterocycles. The minimum absolute atomic E-state index is 0.0743. The summed E-state index contributed by atoms with van der Waals surface area (Å²) in [7, 11) is -1.99. The monoisotopic (exact) mass is 485 g/mol. The maximum absolute atomic E-state index is 12.8. The van der Waals surface area contributed by atoms with Gasteiger partial charge in [-0.2, -0.15) is 5.10 Å². The Hall–Kier alpha value is -3.73. The lowest BCUT2D eigenvalue weighted by molar-refractivity contribution is -0.116. The lowest BCUT2D eigenvalue weighted by Gasteiger charge is -2.19. The van der Waals surface area contributed by atoms with Gasteiger partial charge >= 0.3 is 0 Å². The fourth-order valence-electron chi connectivity index (χ4n) is 3.54. The molecular weight excluding hydrogens is 458 g/mol. The number of rotatable bonds is 7. The van der Waals surface area contributed by atoms with Gasteiger partial charge in [-0.25, -0.2) is 8.42 Å². The molecule has 3 N–H and O–H groups in total. The van der Waals surface area contributed by atoms with Gasteiger partial charge < -0.3 is 20.1 Å². The summed E-state index contributed by atoms with van der Waals surface area (Å²) in [6, 6.07) is 10.6. The summed E-state index contributed by atoms with van der Waals surface area (Å²) in [6.07, 6.45) is 0. The number of amides is 1. The summed E-state index contributed by atoms with van der Waals surface area (Å²) < 4.78 is 40.7. The Morgan fingerprint density at radius 1 is 1.03 bits per heavy atom. The number of hydrogen-bond acceptors (Lipinski definition) is 7. The van der Waals surface area contributed by atoms with E-state index in [1.165, 1.54) is 12.1 Å². The van der Waals surface area contributed by atoms with Crippen molar-refractivity contribution in [2.24, 2.45) is 7.05 Å². The van der Waals surface area contributed by atoms with Gasteiger partial charge in [-0.05, 0) is 57.2 Å². The zero-order valence-corrected chi connectivity index (χ0v) is 20.2. The Morgan fingerprint density at radius 3 is 2.32 bits per heavy atom. The molecule has 180 valence electrons. The number of carbonyl (C=O) groups excluding carboxylic acids is 1. The molecule has 0 bridgehead atoms. The number of carbonyl (C=O) groups is 1. The highest BCUT2D eigenvalue weighted by molar-refractivity contribution is 7.92.